The van der Waals surface area contributed by atoms with Crippen molar-refractivity contribution in [2.45, 2.75) is 57.5 Å². The van der Waals surface area contributed by atoms with Gasteiger partial charge in [0, 0.05) is 10.5 Å². The average Bonchev–Trinajstić information content (AvgIpc) is 2.67. The van der Waals surface area contributed by atoms with Crippen LogP contribution in [0.4, 0.5) is 0 Å². The Morgan fingerprint density at radius 2 is 1.90 bits per heavy atom. The zero-order valence-corrected chi connectivity index (χ0v) is 14.3. The van der Waals surface area contributed by atoms with Crippen molar-refractivity contribution in [3.05, 3.63) is 33.8 Å². The first-order valence-electron chi connectivity index (χ1n) is 8.01. The number of hydrogen-bond donors (Lipinski definition) is 1. The maximum atomic E-state index is 6.23. The number of nitrogens with zero attached hydrogens (tertiary/aromatic N) is 2. The number of rotatable bonds is 2. The molecule has 2 N–H and O–H groups in total. The van der Waals surface area contributed by atoms with Crippen LogP contribution < -0.4 is 5.73 Å². The summed E-state index contributed by atoms with van der Waals surface area (Å²) in [4.78, 5) is 6.93. The van der Waals surface area contributed by atoms with Gasteiger partial charge in [0.1, 0.15) is 0 Å². The van der Waals surface area contributed by atoms with Crippen molar-refractivity contribution in [2.75, 3.05) is 6.54 Å². The summed E-state index contributed by atoms with van der Waals surface area (Å²) in [7, 11) is 0. The first kappa shape index (κ1) is 14.9. The van der Waals surface area contributed by atoms with Gasteiger partial charge in [-0.2, -0.15) is 0 Å². The molecule has 3 nitrogen and oxygen atoms in total. The number of aliphatic imine (C=N–C) groups is 1. The Labute approximate surface area is 135 Å². The van der Waals surface area contributed by atoms with Crippen molar-refractivity contribution in [1.82, 2.24) is 4.90 Å². The van der Waals surface area contributed by atoms with E-state index in [0.29, 0.717) is 12.1 Å². The highest BCUT2D eigenvalue weighted by Crippen LogP contribution is 2.36. The molecule has 4 heteroatoms. The lowest BCUT2D eigenvalue weighted by atomic mass is 10.00. The second-order valence-electron chi connectivity index (χ2n) is 6.29. The van der Waals surface area contributed by atoms with Gasteiger partial charge in [0.15, 0.2) is 5.96 Å². The molecule has 1 aliphatic heterocycles. The van der Waals surface area contributed by atoms with Crippen molar-refractivity contribution in [2.24, 2.45) is 10.7 Å². The molecule has 0 spiro atoms. The summed E-state index contributed by atoms with van der Waals surface area (Å²) in [6.45, 7) is 2.90. The van der Waals surface area contributed by atoms with E-state index < -0.39 is 0 Å². The van der Waals surface area contributed by atoms with Crippen LogP contribution in [0.3, 0.4) is 0 Å². The van der Waals surface area contributed by atoms with Crippen molar-refractivity contribution < 1.29 is 0 Å². The number of guanidine groups is 1. The minimum Gasteiger partial charge on any atom is -0.370 e. The van der Waals surface area contributed by atoms with Gasteiger partial charge in [-0.15, -0.1) is 0 Å². The summed E-state index contributed by atoms with van der Waals surface area (Å²) in [6, 6.07) is 7.44. The Morgan fingerprint density at radius 1 is 1.19 bits per heavy atom. The zero-order valence-electron chi connectivity index (χ0n) is 12.7. The van der Waals surface area contributed by atoms with Crippen LogP contribution >= 0.6 is 15.9 Å². The number of nitrogens with two attached hydrogens (primary N) is 1. The van der Waals surface area contributed by atoms with Crippen LogP contribution in [0.1, 0.15) is 55.7 Å². The van der Waals surface area contributed by atoms with Crippen molar-refractivity contribution in [3.8, 4) is 0 Å². The molecule has 1 fully saturated rings. The van der Waals surface area contributed by atoms with Gasteiger partial charge in [-0.3, -0.25) is 4.99 Å². The van der Waals surface area contributed by atoms with E-state index in [9.17, 15) is 0 Å². The van der Waals surface area contributed by atoms with E-state index in [4.69, 9.17) is 5.73 Å². The Morgan fingerprint density at radius 3 is 2.57 bits per heavy atom. The van der Waals surface area contributed by atoms with Crippen molar-refractivity contribution in [3.63, 3.8) is 0 Å². The molecule has 0 radical (unpaired) electrons. The molecule has 1 unspecified atom stereocenters. The summed E-state index contributed by atoms with van der Waals surface area (Å²) >= 11 is 3.73. The third kappa shape index (κ3) is 3.10. The summed E-state index contributed by atoms with van der Waals surface area (Å²) in [5, 5.41) is 0. The summed E-state index contributed by atoms with van der Waals surface area (Å²) in [6.07, 6.45) is 7.85. The molecule has 114 valence electrons. The van der Waals surface area contributed by atoms with Crippen LogP contribution in [0.15, 0.2) is 27.7 Å². The van der Waals surface area contributed by atoms with E-state index in [1.54, 1.807) is 0 Å². The van der Waals surface area contributed by atoms with Gasteiger partial charge in [-0.25, -0.2) is 0 Å². The molecule has 0 aromatic heterocycles. The number of aryl methyl sites for hydroxylation is 1. The standard InChI is InChI=1S/C17H24BrN3/c1-12-8-9-14(15(18)10-12)16-11-20-17(19)21(16)13-6-4-2-3-5-7-13/h8-10,13,16H,2-7,11H2,1H3,(H2,19,20). The Bertz CT molecular complexity index is 533. The second kappa shape index (κ2) is 6.39. The maximum absolute atomic E-state index is 6.23. The quantitative estimate of drug-likeness (QED) is 0.814. The molecule has 1 saturated carbocycles. The molecular formula is C17H24BrN3. The zero-order chi connectivity index (χ0) is 14.8. The van der Waals surface area contributed by atoms with Crippen LogP contribution in [-0.2, 0) is 0 Å². The molecule has 1 aliphatic carbocycles. The molecule has 0 bridgehead atoms. The van der Waals surface area contributed by atoms with Crippen LogP contribution in [0.5, 0.6) is 0 Å². The first-order valence-corrected chi connectivity index (χ1v) is 8.80. The molecule has 21 heavy (non-hydrogen) atoms. The van der Waals surface area contributed by atoms with E-state index in [0.717, 1.165) is 12.5 Å². The van der Waals surface area contributed by atoms with Crippen LogP contribution in [0, 0.1) is 6.92 Å². The summed E-state index contributed by atoms with van der Waals surface area (Å²) < 4.78 is 1.18. The van der Waals surface area contributed by atoms with Gasteiger partial charge >= 0.3 is 0 Å². The van der Waals surface area contributed by atoms with E-state index >= 15 is 0 Å². The predicted molar refractivity (Wildman–Crippen MR) is 91.4 cm³/mol. The van der Waals surface area contributed by atoms with E-state index in [1.165, 1.54) is 54.1 Å². The van der Waals surface area contributed by atoms with Gasteiger partial charge < -0.3 is 10.6 Å². The fourth-order valence-electron chi connectivity index (χ4n) is 3.64. The van der Waals surface area contributed by atoms with E-state index in [-0.39, 0.29) is 0 Å². The van der Waals surface area contributed by atoms with Gasteiger partial charge in [0.2, 0.25) is 0 Å². The van der Waals surface area contributed by atoms with E-state index in [1.807, 2.05) is 0 Å². The average molecular weight is 350 g/mol. The highest BCUT2D eigenvalue weighted by atomic mass is 79.9. The molecule has 2 aliphatic rings. The molecule has 0 amide bonds. The molecule has 1 heterocycles. The minimum atomic E-state index is 0.295. The van der Waals surface area contributed by atoms with Crippen molar-refractivity contribution in [1.29, 1.82) is 0 Å². The van der Waals surface area contributed by atoms with Gasteiger partial charge in [-0.1, -0.05) is 53.7 Å². The fourth-order valence-corrected chi connectivity index (χ4v) is 4.39. The van der Waals surface area contributed by atoms with Gasteiger partial charge in [0.25, 0.3) is 0 Å². The third-order valence-electron chi connectivity index (χ3n) is 4.76. The monoisotopic (exact) mass is 349 g/mol. The third-order valence-corrected chi connectivity index (χ3v) is 5.45. The molecule has 1 aromatic carbocycles. The SMILES string of the molecule is Cc1ccc(C2CN=C(N)N2C2CCCCCC2)c(Br)c1. The Hall–Kier alpha value is -1.03. The van der Waals surface area contributed by atoms with Gasteiger partial charge in [0.05, 0.1) is 12.6 Å². The molecule has 1 aromatic rings. The highest BCUT2D eigenvalue weighted by Gasteiger charge is 2.34. The van der Waals surface area contributed by atoms with Crippen molar-refractivity contribution >= 4 is 21.9 Å². The van der Waals surface area contributed by atoms with Crippen LogP contribution in [0.2, 0.25) is 0 Å². The summed E-state index contributed by atoms with van der Waals surface area (Å²) in [5.41, 5.74) is 8.82. The minimum absolute atomic E-state index is 0.295. The van der Waals surface area contributed by atoms with Gasteiger partial charge in [-0.05, 0) is 37.0 Å². The predicted octanol–water partition coefficient (Wildman–Crippen LogP) is 4.15. The summed E-state index contributed by atoms with van der Waals surface area (Å²) in [5.74, 6) is 0.736. The number of halogens is 1. The number of benzene rings is 1. The maximum Gasteiger partial charge on any atom is 0.192 e. The number of hydrogen-bond acceptors (Lipinski definition) is 3. The Balaban J connectivity index is 1.87. The second-order valence-corrected chi connectivity index (χ2v) is 7.15. The fraction of sp³-hybridized carbons (Fsp3) is 0.588. The first-order chi connectivity index (χ1) is 10.2. The lowest BCUT2D eigenvalue weighted by molar-refractivity contribution is 0.237. The lowest BCUT2D eigenvalue weighted by Gasteiger charge is -2.34. The van der Waals surface area contributed by atoms with Crippen LogP contribution in [-0.4, -0.2) is 23.4 Å². The topological polar surface area (TPSA) is 41.6 Å². The molecular weight excluding hydrogens is 326 g/mol. The highest BCUT2D eigenvalue weighted by molar-refractivity contribution is 9.10. The van der Waals surface area contributed by atoms with Crippen LogP contribution in [0.25, 0.3) is 0 Å². The molecule has 0 saturated heterocycles. The largest absolute Gasteiger partial charge is 0.370 e. The molecule has 3 rings (SSSR count). The van der Waals surface area contributed by atoms with E-state index in [2.05, 4.69) is 50.9 Å². The molecule has 1 atom stereocenters. The Kier molecular flexibility index (Phi) is 4.53. The normalized spacial score (nSPS) is 24.0. The smallest absolute Gasteiger partial charge is 0.192 e. The lowest BCUT2D eigenvalue weighted by Crippen LogP contribution is -2.43.